The molecule has 4 heteroatoms. The van der Waals surface area contributed by atoms with E-state index in [1.165, 1.54) is 7.11 Å². The number of hydrogen-bond donors (Lipinski definition) is 1. The predicted molar refractivity (Wildman–Crippen MR) is 52.9 cm³/mol. The average molecular weight is 198 g/mol. The van der Waals surface area contributed by atoms with Crippen molar-refractivity contribution in [2.24, 2.45) is 11.3 Å². The van der Waals surface area contributed by atoms with E-state index in [-0.39, 0.29) is 11.4 Å². The molecule has 2 rings (SSSR count). The van der Waals surface area contributed by atoms with E-state index in [1.54, 1.807) is 0 Å². The van der Waals surface area contributed by atoms with Crippen LogP contribution in [0.15, 0.2) is 0 Å². The highest BCUT2D eigenvalue weighted by atomic mass is 16.5. The van der Waals surface area contributed by atoms with Crippen molar-refractivity contribution in [3.05, 3.63) is 0 Å². The molecule has 0 aromatic heterocycles. The topological polar surface area (TPSA) is 41.6 Å². The average Bonchev–Trinajstić information content (AvgIpc) is 2.60. The Morgan fingerprint density at radius 3 is 3.14 bits per heavy atom. The molecular formula is C10H18N2O2. The summed E-state index contributed by atoms with van der Waals surface area (Å²) >= 11 is 0. The van der Waals surface area contributed by atoms with Crippen LogP contribution >= 0.6 is 0 Å². The fourth-order valence-electron chi connectivity index (χ4n) is 2.74. The first-order chi connectivity index (χ1) is 6.69. The van der Waals surface area contributed by atoms with Gasteiger partial charge < -0.3 is 15.0 Å². The van der Waals surface area contributed by atoms with Crippen LogP contribution in [0.3, 0.4) is 0 Å². The van der Waals surface area contributed by atoms with Gasteiger partial charge in [0.1, 0.15) is 0 Å². The Balaban J connectivity index is 2.19. The van der Waals surface area contributed by atoms with Crippen molar-refractivity contribution in [3.8, 4) is 0 Å². The summed E-state index contributed by atoms with van der Waals surface area (Å²) in [5.41, 5.74) is -0.235. The van der Waals surface area contributed by atoms with Crippen LogP contribution in [0.5, 0.6) is 0 Å². The van der Waals surface area contributed by atoms with Gasteiger partial charge in [-0.1, -0.05) is 0 Å². The van der Waals surface area contributed by atoms with Gasteiger partial charge in [-0.05, 0) is 20.0 Å². The summed E-state index contributed by atoms with van der Waals surface area (Å²) in [5.74, 6) is 0.398. The Kier molecular flexibility index (Phi) is 2.49. The van der Waals surface area contributed by atoms with E-state index in [1.807, 2.05) is 0 Å². The number of methoxy groups -OCH3 is 1. The van der Waals surface area contributed by atoms with Crippen LogP contribution in [-0.4, -0.2) is 51.2 Å². The lowest BCUT2D eigenvalue weighted by Gasteiger charge is -2.39. The monoisotopic (exact) mass is 198 g/mol. The molecule has 4 nitrogen and oxygen atoms in total. The molecule has 0 radical (unpaired) electrons. The van der Waals surface area contributed by atoms with Gasteiger partial charge in [-0.3, -0.25) is 4.79 Å². The van der Waals surface area contributed by atoms with Crippen LogP contribution in [0.4, 0.5) is 0 Å². The third kappa shape index (κ3) is 1.33. The summed E-state index contributed by atoms with van der Waals surface area (Å²) in [6.45, 7) is 3.73. The van der Waals surface area contributed by atoms with E-state index in [0.29, 0.717) is 5.92 Å². The zero-order chi connectivity index (χ0) is 10.2. The number of piperidine rings is 1. The fraction of sp³-hybridized carbons (Fsp3) is 0.900. The molecular weight excluding hydrogens is 180 g/mol. The molecule has 2 aliphatic rings. The molecule has 2 atom stereocenters. The maximum absolute atomic E-state index is 11.8. The molecule has 0 aromatic rings. The highest BCUT2D eigenvalue weighted by Gasteiger charge is 2.51. The number of esters is 1. The van der Waals surface area contributed by atoms with E-state index in [0.717, 1.165) is 32.6 Å². The first kappa shape index (κ1) is 9.93. The van der Waals surface area contributed by atoms with Crippen LogP contribution < -0.4 is 5.32 Å². The smallest absolute Gasteiger partial charge is 0.313 e. The van der Waals surface area contributed by atoms with Crippen LogP contribution in [0, 0.1) is 11.3 Å². The summed E-state index contributed by atoms with van der Waals surface area (Å²) < 4.78 is 4.93. The quantitative estimate of drug-likeness (QED) is 0.587. The van der Waals surface area contributed by atoms with E-state index in [2.05, 4.69) is 17.3 Å². The lowest BCUT2D eigenvalue weighted by Crippen LogP contribution is -2.50. The zero-order valence-electron chi connectivity index (χ0n) is 8.88. The van der Waals surface area contributed by atoms with Crippen LogP contribution in [-0.2, 0) is 9.53 Å². The number of nitrogens with one attached hydrogen (secondary N) is 1. The Morgan fingerprint density at radius 2 is 2.43 bits per heavy atom. The molecule has 14 heavy (non-hydrogen) atoms. The van der Waals surface area contributed by atoms with Gasteiger partial charge in [-0.25, -0.2) is 0 Å². The first-order valence-corrected chi connectivity index (χ1v) is 5.17. The minimum absolute atomic E-state index is 0.0272. The van der Waals surface area contributed by atoms with Gasteiger partial charge in [0.25, 0.3) is 0 Å². The first-order valence-electron chi connectivity index (χ1n) is 5.17. The highest BCUT2D eigenvalue weighted by molar-refractivity contribution is 5.78. The number of fused-ring (bicyclic) bond motifs is 1. The second kappa shape index (κ2) is 3.51. The van der Waals surface area contributed by atoms with Crippen molar-refractivity contribution in [2.45, 2.75) is 6.42 Å². The van der Waals surface area contributed by atoms with Gasteiger partial charge in [0.05, 0.1) is 12.5 Å². The number of nitrogens with zero attached hydrogens (tertiary/aromatic N) is 1. The molecule has 0 saturated carbocycles. The maximum Gasteiger partial charge on any atom is 0.313 e. The second-order valence-electron chi connectivity index (χ2n) is 4.49. The van der Waals surface area contributed by atoms with Crippen LogP contribution in [0.1, 0.15) is 6.42 Å². The Hall–Kier alpha value is -0.610. The molecule has 2 aliphatic heterocycles. The van der Waals surface area contributed by atoms with E-state index < -0.39 is 0 Å². The molecule has 0 aliphatic carbocycles. The molecule has 0 amide bonds. The van der Waals surface area contributed by atoms with Crippen molar-refractivity contribution < 1.29 is 9.53 Å². The summed E-state index contributed by atoms with van der Waals surface area (Å²) in [5, 5.41) is 3.31. The lowest BCUT2D eigenvalue weighted by atomic mass is 9.72. The number of carbonyl (C=O) groups is 1. The summed E-state index contributed by atoms with van der Waals surface area (Å²) in [4.78, 5) is 14.1. The second-order valence-corrected chi connectivity index (χ2v) is 4.49. The maximum atomic E-state index is 11.8. The molecule has 80 valence electrons. The molecule has 2 unspecified atom stereocenters. The Labute approximate surface area is 84.6 Å². The Morgan fingerprint density at radius 1 is 1.64 bits per heavy atom. The van der Waals surface area contributed by atoms with Crippen molar-refractivity contribution in [1.82, 2.24) is 10.2 Å². The molecule has 1 N–H and O–H groups in total. The van der Waals surface area contributed by atoms with E-state index in [9.17, 15) is 4.79 Å². The van der Waals surface area contributed by atoms with Gasteiger partial charge in [0.15, 0.2) is 0 Å². The zero-order valence-corrected chi connectivity index (χ0v) is 8.88. The van der Waals surface area contributed by atoms with Crippen molar-refractivity contribution in [3.63, 3.8) is 0 Å². The molecule has 0 aromatic carbocycles. The minimum Gasteiger partial charge on any atom is -0.469 e. The SMILES string of the molecule is COC(=O)C12CCN(C)CC1CNC2. The van der Waals surface area contributed by atoms with Crippen molar-refractivity contribution in [1.29, 1.82) is 0 Å². The molecule has 0 bridgehead atoms. The van der Waals surface area contributed by atoms with E-state index in [4.69, 9.17) is 4.74 Å². The van der Waals surface area contributed by atoms with Gasteiger partial charge in [-0.2, -0.15) is 0 Å². The molecule has 0 spiro atoms. The van der Waals surface area contributed by atoms with Crippen molar-refractivity contribution >= 4 is 5.97 Å². The molecule has 2 saturated heterocycles. The number of hydrogen-bond acceptors (Lipinski definition) is 4. The number of likely N-dealkylation sites (tertiary alicyclic amines) is 1. The molecule has 2 heterocycles. The summed E-state index contributed by atoms with van der Waals surface area (Å²) in [7, 11) is 3.60. The Bertz CT molecular complexity index is 244. The highest BCUT2D eigenvalue weighted by Crippen LogP contribution is 2.39. The molecule has 2 fully saturated rings. The van der Waals surface area contributed by atoms with Crippen molar-refractivity contribution in [2.75, 3.05) is 40.3 Å². The third-order valence-corrected chi connectivity index (χ3v) is 3.68. The number of rotatable bonds is 1. The van der Waals surface area contributed by atoms with Gasteiger partial charge in [0.2, 0.25) is 0 Å². The largest absolute Gasteiger partial charge is 0.469 e. The summed E-state index contributed by atoms with van der Waals surface area (Å²) in [6.07, 6.45) is 0.924. The lowest BCUT2D eigenvalue weighted by molar-refractivity contribution is -0.157. The number of carbonyl (C=O) groups excluding carboxylic acids is 1. The predicted octanol–water partition coefficient (Wildman–Crippen LogP) is -0.299. The van der Waals surface area contributed by atoms with Gasteiger partial charge in [0, 0.05) is 25.6 Å². The van der Waals surface area contributed by atoms with Crippen LogP contribution in [0.2, 0.25) is 0 Å². The van der Waals surface area contributed by atoms with Crippen LogP contribution in [0.25, 0.3) is 0 Å². The van der Waals surface area contributed by atoms with Gasteiger partial charge >= 0.3 is 5.97 Å². The van der Waals surface area contributed by atoms with E-state index >= 15 is 0 Å². The fourth-order valence-corrected chi connectivity index (χ4v) is 2.74. The summed E-state index contributed by atoms with van der Waals surface area (Å²) in [6, 6.07) is 0. The third-order valence-electron chi connectivity index (χ3n) is 3.68. The van der Waals surface area contributed by atoms with Gasteiger partial charge in [-0.15, -0.1) is 0 Å². The minimum atomic E-state index is -0.235. The normalized spacial score (nSPS) is 38.0. The number of ether oxygens (including phenoxy) is 1. The standard InChI is InChI=1S/C10H18N2O2/c1-12-4-3-10(9(13)14-2)7-11-5-8(10)6-12/h8,11H,3-7H2,1-2H3.